The molecule has 0 saturated carbocycles. The van der Waals surface area contributed by atoms with E-state index in [4.69, 9.17) is 9.15 Å². The summed E-state index contributed by atoms with van der Waals surface area (Å²) in [6.45, 7) is 2.26. The lowest BCUT2D eigenvalue weighted by Gasteiger charge is -2.27. The van der Waals surface area contributed by atoms with Crippen molar-refractivity contribution in [2.24, 2.45) is 0 Å². The second-order valence-electron chi connectivity index (χ2n) is 8.07. The number of carbonyl (C=O) groups is 2. The number of amides is 1. The van der Waals surface area contributed by atoms with Gasteiger partial charge in [-0.05, 0) is 29.7 Å². The molecule has 0 bridgehead atoms. The number of hydrogen-bond donors (Lipinski definition) is 1. The monoisotopic (exact) mass is 474 g/mol. The van der Waals surface area contributed by atoms with E-state index in [0.717, 1.165) is 23.5 Å². The van der Waals surface area contributed by atoms with E-state index in [9.17, 15) is 14.4 Å². The van der Waals surface area contributed by atoms with Gasteiger partial charge in [0.2, 0.25) is 0 Å². The van der Waals surface area contributed by atoms with Gasteiger partial charge in [0.25, 0.3) is 5.91 Å². The van der Waals surface area contributed by atoms with E-state index in [1.54, 1.807) is 24.3 Å². The highest BCUT2D eigenvalue weighted by Gasteiger charge is 2.30. The molecular weight excluding hydrogens is 452 g/mol. The fourth-order valence-electron chi connectivity index (χ4n) is 4.22. The molecule has 1 N–H and O–H groups in total. The summed E-state index contributed by atoms with van der Waals surface area (Å²) >= 11 is 1.36. The van der Waals surface area contributed by atoms with Crippen LogP contribution in [0.4, 0.5) is 5.00 Å². The molecule has 0 atom stereocenters. The Balaban J connectivity index is 1.43. The number of fused-ring (bicyclic) bond motifs is 2. The molecule has 0 radical (unpaired) electrons. The summed E-state index contributed by atoms with van der Waals surface area (Å²) < 4.78 is 10.7. The molecule has 1 aliphatic rings. The average Bonchev–Trinajstić information content (AvgIpc) is 3.21. The maximum atomic E-state index is 13.0. The molecule has 34 heavy (non-hydrogen) atoms. The number of thiophene rings is 1. The standard InChI is InChI=1S/C26H22N2O5S/c1-32-26(31)23-18-11-12-28(14-16-7-3-2-4-8-16)15-22(18)34-25(23)27-24(30)21-13-19(29)17-9-5-6-10-20(17)33-21/h2-10,13H,11-12,14-15H2,1H3,(H,27,30). The Hall–Kier alpha value is -3.75. The van der Waals surface area contributed by atoms with Crippen LogP contribution in [0.5, 0.6) is 0 Å². The van der Waals surface area contributed by atoms with Crippen molar-refractivity contribution in [2.45, 2.75) is 19.5 Å². The van der Waals surface area contributed by atoms with E-state index in [1.165, 1.54) is 30.1 Å². The minimum Gasteiger partial charge on any atom is -0.465 e. The van der Waals surface area contributed by atoms with Gasteiger partial charge in [0.1, 0.15) is 10.6 Å². The van der Waals surface area contributed by atoms with E-state index in [-0.39, 0.29) is 11.2 Å². The second-order valence-corrected chi connectivity index (χ2v) is 9.18. The minimum atomic E-state index is -0.590. The number of benzene rings is 2. The van der Waals surface area contributed by atoms with E-state index in [2.05, 4.69) is 22.3 Å². The molecule has 4 aromatic rings. The zero-order valence-corrected chi connectivity index (χ0v) is 19.3. The van der Waals surface area contributed by atoms with Crippen LogP contribution in [-0.4, -0.2) is 30.4 Å². The number of esters is 1. The SMILES string of the molecule is COC(=O)c1c(NC(=O)c2cc(=O)c3ccccc3o2)sc2c1CCN(Cc1ccccc1)C2. The third kappa shape index (κ3) is 4.25. The molecule has 0 aliphatic carbocycles. The summed E-state index contributed by atoms with van der Waals surface area (Å²) in [4.78, 5) is 41.4. The number of methoxy groups -OCH3 is 1. The first-order chi connectivity index (χ1) is 16.5. The van der Waals surface area contributed by atoms with Gasteiger partial charge in [0.15, 0.2) is 11.2 Å². The van der Waals surface area contributed by atoms with Crippen molar-refractivity contribution in [3.8, 4) is 0 Å². The quantitative estimate of drug-likeness (QED) is 0.430. The number of ether oxygens (including phenoxy) is 1. The Kier molecular flexibility index (Phi) is 6.00. The Labute approximate surface area is 199 Å². The molecule has 8 heteroatoms. The van der Waals surface area contributed by atoms with Crippen molar-refractivity contribution < 1.29 is 18.7 Å². The van der Waals surface area contributed by atoms with Crippen LogP contribution in [-0.2, 0) is 24.2 Å². The zero-order chi connectivity index (χ0) is 23.7. The van der Waals surface area contributed by atoms with Gasteiger partial charge in [-0.1, -0.05) is 42.5 Å². The molecular formula is C26H22N2O5S. The Bertz CT molecular complexity index is 1440. The van der Waals surface area contributed by atoms with E-state index in [0.29, 0.717) is 34.5 Å². The molecule has 5 rings (SSSR count). The van der Waals surface area contributed by atoms with E-state index >= 15 is 0 Å². The average molecular weight is 475 g/mol. The maximum absolute atomic E-state index is 13.0. The van der Waals surface area contributed by atoms with Gasteiger partial charge in [-0.3, -0.25) is 14.5 Å². The van der Waals surface area contributed by atoms with Gasteiger partial charge in [0, 0.05) is 30.6 Å². The number of nitrogens with one attached hydrogen (secondary N) is 1. The molecule has 2 aromatic carbocycles. The smallest absolute Gasteiger partial charge is 0.341 e. The summed E-state index contributed by atoms with van der Waals surface area (Å²) in [5, 5.41) is 3.59. The fourth-order valence-corrected chi connectivity index (χ4v) is 5.49. The van der Waals surface area contributed by atoms with Crippen LogP contribution in [0.3, 0.4) is 0 Å². The first-order valence-electron chi connectivity index (χ1n) is 10.9. The first kappa shape index (κ1) is 22.1. The summed E-state index contributed by atoms with van der Waals surface area (Å²) in [7, 11) is 1.32. The lowest BCUT2D eigenvalue weighted by molar-refractivity contribution is 0.0600. The van der Waals surface area contributed by atoms with Crippen molar-refractivity contribution >= 4 is 39.2 Å². The fraction of sp³-hybridized carbons (Fsp3) is 0.192. The maximum Gasteiger partial charge on any atom is 0.341 e. The predicted molar refractivity (Wildman–Crippen MR) is 130 cm³/mol. The Morgan fingerprint density at radius 1 is 1.12 bits per heavy atom. The van der Waals surface area contributed by atoms with E-state index < -0.39 is 11.9 Å². The number of rotatable bonds is 5. The lowest BCUT2D eigenvalue weighted by atomic mass is 10.0. The first-order valence-corrected chi connectivity index (χ1v) is 11.7. The molecule has 0 unspecified atom stereocenters. The molecule has 1 amide bonds. The van der Waals surface area contributed by atoms with Crippen molar-refractivity contribution in [2.75, 3.05) is 19.0 Å². The van der Waals surface area contributed by atoms with Gasteiger partial charge >= 0.3 is 5.97 Å². The second kappa shape index (κ2) is 9.24. The molecule has 7 nitrogen and oxygen atoms in total. The summed E-state index contributed by atoms with van der Waals surface area (Å²) in [5.41, 5.74) is 2.52. The summed E-state index contributed by atoms with van der Waals surface area (Å²) in [5.74, 6) is -1.20. The van der Waals surface area contributed by atoms with Gasteiger partial charge in [-0.15, -0.1) is 11.3 Å². The normalized spacial score (nSPS) is 13.4. The van der Waals surface area contributed by atoms with E-state index in [1.807, 2.05) is 18.2 Å². The molecule has 0 fully saturated rings. The summed E-state index contributed by atoms with van der Waals surface area (Å²) in [6.07, 6.45) is 0.671. The van der Waals surface area contributed by atoms with Gasteiger partial charge < -0.3 is 14.5 Å². The summed E-state index contributed by atoms with van der Waals surface area (Å²) in [6, 6.07) is 18.1. The minimum absolute atomic E-state index is 0.114. The van der Waals surface area contributed by atoms with Crippen molar-refractivity contribution in [1.82, 2.24) is 4.90 Å². The van der Waals surface area contributed by atoms with Crippen molar-refractivity contribution in [3.05, 3.63) is 98.2 Å². The number of para-hydroxylation sites is 1. The van der Waals surface area contributed by atoms with Crippen LogP contribution in [0, 0.1) is 0 Å². The lowest BCUT2D eigenvalue weighted by Crippen LogP contribution is -2.29. The van der Waals surface area contributed by atoms with Crippen LogP contribution < -0.4 is 10.7 Å². The van der Waals surface area contributed by atoms with Crippen LogP contribution in [0.15, 0.2) is 69.9 Å². The highest BCUT2D eigenvalue weighted by Crippen LogP contribution is 2.38. The molecule has 3 heterocycles. The largest absolute Gasteiger partial charge is 0.465 e. The van der Waals surface area contributed by atoms with Crippen LogP contribution >= 0.6 is 11.3 Å². The molecule has 0 spiro atoms. The van der Waals surface area contributed by atoms with Gasteiger partial charge in [0.05, 0.1) is 18.1 Å². The van der Waals surface area contributed by atoms with Crippen LogP contribution in [0.25, 0.3) is 11.0 Å². The highest BCUT2D eigenvalue weighted by atomic mass is 32.1. The van der Waals surface area contributed by atoms with Gasteiger partial charge in [-0.25, -0.2) is 4.79 Å². The Morgan fingerprint density at radius 3 is 2.68 bits per heavy atom. The van der Waals surface area contributed by atoms with Crippen LogP contribution in [0.1, 0.15) is 36.9 Å². The van der Waals surface area contributed by atoms with Gasteiger partial charge in [-0.2, -0.15) is 0 Å². The predicted octanol–water partition coefficient (Wildman–Crippen LogP) is 4.45. The molecule has 2 aromatic heterocycles. The number of anilines is 1. The van der Waals surface area contributed by atoms with Crippen molar-refractivity contribution in [1.29, 1.82) is 0 Å². The van der Waals surface area contributed by atoms with Crippen LogP contribution in [0.2, 0.25) is 0 Å². The third-order valence-corrected chi connectivity index (χ3v) is 6.99. The molecule has 0 saturated heterocycles. The highest BCUT2D eigenvalue weighted by molar-refractivity contribution is 7.17. The van der Waals surface area contributed by atoms with Crippen molar-refractivity contribution in [3.63, 3.8) is 0 Å². The topological polar surface area (TPSA) is 88.8 Å². The number of hydrogen-bond acceptors (Lipinski definition) is 7. The molecule has 172 valence electrons. The number of nitrogens with zero attached hydrogens (tertiary/aromatic N) is 1. The Morgan fingerprint density at radius 2 is 1.88 bits per heavy atom. The zero-order valence-electron chi connectivity index (χ0n) is 18.5. The molecule has 1 aliphatic heterocycles. The third-order valence-electron chi connectivity index (χ3n) is 5.86. The number of carbonyl (C=O) groups excluding carboxylic acids is 2.